The first kappa shape index (κ1) is 18.2. The largest absolute Gasteiger partial charge is 0.324 e. The van der Waals surface area contributed by atoms with E-state index in [4.69, 9.17) is 11.6 Å². The second-order valence-electron chi connectivity index (χ2n) is 7.17. The number of benzene rings is 1. The van der Waals surface area contributed by atoms with Crippen molar-refractivity contribution in [2.45, 2.75) is 25.3 Å². The van der Waals surface area contributed by atoms with Crippen LogP contribution in [0.1, 0.15) is 24.0 Å². The van der Waals surface area contributed by atoms with E-state index in [1.165, 1.54) is 12.1 Å². The number of aromatic nitrogens is 3. The zero-order chi connectivity index (χ0) is 19.0. The van der Waals surface area contributed by atoms with Gasteiger partial charge in [0.2, 0.25) is 0 Å². The number of rotatable bonds is 2. The maximum absolute atomic E-state index is 13.9. The molecule has 0 saturated carbocycles. The van der Waals surface area contributed by atoms with Crippen LogP contribution in [0.2, 0.25) is 5.02 Å². The molecule has 0 aliphatic carbocycles. The molecule has 1 N–H and O–H groups in total. The SMILES string of the molecule is CN1CCc2nnc(C3CCN(C(=O)Nc4ccc(Cl)cc4F)C3)n2CC1. The van der Waals surface area contributed by atoms with Crippen LogP contribution >= 0.6 is 11.6 Å². The molecule has 144 valence electrons. The van der Waals surface area contributed by atoms with Crippen molar-refractivity contribution in [1.82, 2.24) is 24.6 Å². The van der Waals surface area contributed by atoms with Crippen molar-refractivity contribution in [3.63, 3.8) is 0 Å². The van der Waals surface area contributed by atoms with Crippen LogP contribution in [0, 0.1) is 5.82 Å². The van der Waals surface area contributed by atoms with E-state index in [-0.39, 0.29) is 17.6 Å². The molecule has 1 aromatic heterocycles. The summed E-state index contributed by atoms with van der Waals surface area (Å²) in [6.45, 7) is 3.96. The fourth-order valence-corrected chi connectivity index (χ4v) is 3.85. The summed E-state index contributed by atoms with van der Waals surface area (Å²) in [5, 5.41) is 11.7. The lowest BCUT2D eigenvalue weighted by Crippen LogP contribution is -2.33. The first-order chi connectivity index (χ1) is 13.0. The Morgan fingerprint density at radius 1 is 1.26 bits per heavy atom. The third-order valence-electron chi connectivity index (χ3n) is 5.29. The number of likely N-dealkylation sites (tertiary alicyclic amines) is 1. The number of fused-ring (bicyclic) bond motifs is 1. The topological polar surface area (TPSA) is 66.3 Å². The van der Waals surface area contributed by atoms with Gasteiger partial charge in [-0.25, -0.2) is 9.18 Å². The van der Waals surface area contributed by atoms with Gasteiger partial charge in [0.05, 0.1) is 5.69 Å². The summed E-state index contributed by atoms with van der Waals surface area (Å²) in [4.78, 5) is 16.5. The highest BCUT2D eigenvalue weighted by atomic mass is 35.5. The third-order valence-corrected chi connectivity index (χ3v) is 5.53. The van der Waals surface area contributed by atoms with E-state index in [2.05, 4.69) is 32.0 Å². The van der Waals surface area contributed by atoms with Crippen molar-refractivity contribution in [2.75, 3.05) is 38.5 Å². The highest BCUT2D eigenvalue weighted by Gasteiger charge is 2.32. The van der Waals surface area contributed by atoms with Gasteiger partial charge in [0.25, 0.3) is 0 Å². The van der Waals surface area contributed by atoms with E-state index < -0.39 is 5.82 Å². The Balaban J connectivity index is 1.43. The van der Waals surface area contributed by atoms with E-state index in [9.17, 15) is 9.18 Å². The predicted molar refractivity (Wildman–Crippen MR) is 101 cm³/mol. The van der Waals surface area contributed by atoms with E-state index in [1.54, 1.807) is 11.0 Å². The van der Waals surface area contributed by atoms with Crippen molar-refractivity contribution in [3.8, 4) is 0 Å². The van der Waals surface area contributed by atoms with E-state index >= 15 is 0 Å². The summed E-state index contributed by atoms with van der Waals surface area (Å²) in [6.07, 6.45) is 1.71. The first-order valence-electron chi connectivity index (χ1n) is 9.13. The third kappa shape index (κ3) is 3.77. The van der Waals surface area contributed by atoms with Crippen LogP contribution in [-0.4, -0.2) is 63.8 Å². The van der Waals surface area contributed by atoms with Crippen molar-refractivity contribution in [1.29, 1.82) is 0 Å². The average molecular weight is 393 g/mol. The smallest absolute Gasteiger partial charge is 0.321 e. The Bertz CT molecular complexity index is 856. The molecule has 27 heavy (non-hydrogen) atoms. The van der Waals surface area contributed by atoms with Gasteiger partial charge in [-0.1, -0.05) is 11.6 Å². The van der Waals surface area contributed by atoms with Crippen molar-refractivity contribution < 1.29 is 9.18 Å². The highest BCUT2D eigenvalue weighted by Crippen LogP contribution is 2.28. The Morgan fingerprint density at radius 3 is 2.93 bits per heavy atom. The van der Waals surface area contributed by atoms with Crippen LogP contribution in [0.4, 0.5) is 14.9 Å². The molecule has 1 atom stereocenters. The highest BCUT2D eigenvalue weighted by molar-refractivity contribution is 6.30. The van der Waals surface area contributed by atoms with Crippen LogP contribution in [0.15, 0.2) is 18.2 Å². The van der Waals surface area contributed by atoms with Crippen LogP contribution < -0.4 is 5.32 Å². The average Bonchev–Trinajstić information content (AvgIpc) is 3.23. The second-order valence-corrected chi connectivity index (χ2v) is 7.60. The van der Waals surface area contributed by atoms with Crippen LogP contribution in [0.25, 0.3) is 0 Å². The maximum atomic E-state index is 13.9. The molecule has 1 unspecified atom stereocenters. The van der Waals surface area contributed by atoms with Gasteiger partial charge in [0.1, 0.15) is 17.5 Å². The van der Waals surface area contributed by atoms with E-state index in [0.29, 0.717) is 18.1 Å². The number of carbonyl (C=O) groups excluding carboxylic acids is 1. The number of urea groups is 1. The molecule has 0 radical (unpaired) electrons. The maximum Gasteiger partial charge on any atom is 0.321 e. The first-order valence-corrected chi connectivity index (χ1v) is 9.50. The number of carbonyl (C=O) groups is 1. The summed E-state index contributed by atoms with van der Waals surface area (Å²) in [5.41, 5.74) is 0.132. The Labute approximate surface area is 162 Å². The lowest BCUT2D eigenvalue weighted by molar-refractivity contribution is 0.221. The fourth-order valence-electron chi connectivity index (χ4n) is 3.69. The zero-order valence-corrected chi connectivity index (χ0v) is 15.9. The molecular formula is C18H22ClFN6O. The van der Waals surface area contributed by atoms with E-state index in [1.807, 2.05) is 0 Å². The quantitative estimate of drug-likeness (QED) is 0.853. The summed E-state index contributed by atoms with van der Waals surface area (Å²) in [6, 6.07) is 3.90. The van der Waals surface area contributed by atoms with Gasteiger partial charge in [-0.2, -0.15) is 0 Å². The molecule has 1 saturated heterocycles. The number of anilines is 1. The number of hydrogen-bond acceptors (Lipinski definition) is 4. The second kappa shape index (κ2) is 7.44. The van der Waals surface area contributed by atoms with Crippen molar-refractivity contribution in [2.24, 2.45) is 0 Å². The number of likely N-dealkylation sites (N-methyl/N-ethyl adjacent to an activating group) is 1. The minimum absolute atomic E-state index is 0.132. The minimum Gasteiger partial charge on any atom is -0.324 e. The summed E-state index contributed by atoms with van der Waals surface area (Å²) in [5.74, 6) is 1.57. The fraction of sp³-hybridized carbons (Fsp3) is 0.500. The van der Waals surface area contributed by atoms with Crippen LogP contribution in [-0.2, 0) is 13.0 Å². The van der Waals surface area contributed by atoms with Gasteiger partial charge in [-0.05, 0) is 31.7 Å². The molecule has 0 spiro atoms. The number of nitrogens with one attached hydrogen (secondary N) is 1. The van der Waals surface area contributed by atoms with Gasteiger partial charge in [0, 0.05) is 50.1 Å². The summed E-state index contributed by atoms with van der Waals surface area (Å²) in [7, 11) is 2.11. The van der Waals surface area contributed by atoms with Crippen molar-refractivity contribution in [3.05, 3.63) is 40.7 Å². The molecule has 9 heteroatoms. The lowest BCUT2D eigenvalue weighted by Gasteiger charge is -2.18. The minimum atomic E-state index is -0.543. The van der Waals surface area contributed by atoms with Crippen molar-refractivity contribution >= 4 is 23.3 Å². The lowest BCUT2D eigenvalue weighted by atomic mass is 10.1. The van der Waals surface area contributed by atoms with Gasteiger partial charge < -0.3 is 19.7 Å². The van der Waals surface area contributed by atoms with Gasteiger partial charge in [-0.15, -0.1) is 10.2 Å². The van der Waals surface area contributed by atoms with Gasteiger partial charge in [0.15, 0.2) is 0 Å². The Kier molecular flexibility index (Phi) is 5.01. The normalized spacial score (nSPS) is 20.4. The molecule has 1 fully saturated rings. The van der Waals surface area contributed by atoms with Gasteiger partial charge in [-0.3, -0.25) is 0 Å². The molecule has 2 aromatic rings. The van der Waals surface area contributed by atoms with Crippen LogP contribution in [0.5, 0.6) is 0 Å². The number of halogens is 2. The standard InChI is InChI=1S/C18H22ClFN6O/c1-24-6-5-16-22-23-17(26(16)9-8-24)12-4-7-25(11-12)18(27)21-15-3-2-13(19)10-14(15)20/h2-3,10,12H,4-9,11H2,1H3,(H,21,27). The molecule has 2 aliphatic rings. The number of nitrogens with zero attached hydrogens (tertiary/aromatic N) is 5. The zero-order valence-electron chi connectivity index (χ0n) is 15.2. The van der Waals surface area contributed by atoms with Gasteiger partial charge >= 0.3 is 6.03 Å². The Hall–Kier alpha value is -2.19. The number of amides is 2. The predicted octanol–water partition coefficient (Wildman–Crippen LogP) is 2.58. The Morgan fingerprint density at radius 2 is 2.11 bits per heavy atom. The number of hydrogen-bond donors (Lipinski definition) is 1. The molecule has 0 bridgehead atoms. The van der Waals surface area contributed by atoms with Crippen LogP contribution in [0.3, 0.4) is 0 Å². The molecule has 4 rings (SSSR count). The molecular weight excluding hydrogens is 371 g/mol. The van der Waals surface area contributed by atoms with E-state index in [0.717, 1.165) is 44.1 Å². The summed E-state index contributed by atoms with van der Waals surface area (Å²) >= 11 is 5.75. The molecule has 1 aromatic carbocycles. The summed E-state index contributed by atoms with van der Waals surface area (Å²) < 4.78 is 16.1. The molecule has 2 amide bonds. The molecule has 2 aliphatic heterocycles. The molecule has 3 heterocycles. The monoisotopic (exact) mass is 392 g/mol. The molecule has 7 nitrogen and oxygen atoms in total.